The molecule has 0 amide bonds. The molecule has 4 aromatic heterocycles. The zero-order chi connectivity index (χ0) is 26.7. The molecule has 4 N–H and O–H groups in total. The Morgan fingerprint density at radius 3 is 2.82 bits per heavy atom. The molecule has 2 aliphatic rings. The number of fused-ring (bicyclic) bond motifs is 2. The number of hydrogen-bond acceptors (Lipinski definition) is 12. The van der Waals surface area contributed by atoms with Crippen LogP contribution in [0.5, 0.6) is 5.88 Å². The summed E-state index contributed by atoms with van der Waals surface area (Å²) in [7, 11) is 0. The lowest BCUT2D eigenvalue weighted by atomic mass is 9.86. The van der Waals surface area contributed by atoms with Gasteiger partial charge in [-0.1, -0.05) is 11.8 Å². The number of thioether (sulfide) groups is 1. The summed E-state index contributed by atoms with van der Waals surface area (Å²) in [5.41, 5.74) is 4.95. The van der Waals surface area contributed by atoms with Crippen molar-refractivity contribution in [2.75, 3.05) is 11.9 Å². The summed E-state index contributed by atoms with van der Waals surface area (Å²) in [5.74, 6) is -4.90. The second-order valence-electron chi connectivity index (χ2n) is 8.94. The first-order valence-electron chi connectivity index (χ1n) is 11.3. The molecule has 1 saturated carbocycles. The van der Waals surface area contributed by atoms with Gasteiger partial charge in [0, 0.05) is 11.8 Å². The van der Waals surface area contributed by atoms with Gasteiger partial charge in [-0.25, -0.2) is 33.7 Å². The predicted octanol–water partition coefficient (Wildman–Crippen LogP) is 3.14. The second-order valence-corrected chi connectivity index (χ2v) is 10.3. The lowest BCUT2D eigenvalue weighted by molar-refractivity contribution is 0.0684. The lowest BCUT2D eigenvalue weighted by Gasteiger charge is -2.31. The number of nitrogens with one attached hydrogen (secondary N) is 1. The number of hydrogen-bond donors (Lipinski definition) is 3. The predicted molar refractivity (Wildman–Crippen MR) is 130 cm³/mol. The number of aliphatic hydroxyl groups is 1. The van der Waals surface area contributed by atoms with Crippen LogP contribution in [0.4, 0.5) is 24.7 Å². The molecule has 1 aliphatic heterocycles. The number of aliphatic imine (C=N–C) groups is 1. The second kappa shape index (κ2) is 8.52. The highest BCUT2D eigenvalue weighted by Gasteiger charge is 2.87. The maximum Gasteiger partial charge on any atom is 0.272 e. The summed E-state index contributed by atoms with van der Waals surface area (Å²) in [4.78, 5) is 25.0. The van der Waals surface area contributed by atoms with Gasteiger partial charge in [0.1, 0.15) is 22.1 Å². The molecule has 3 atom stereocenters. The number of alkyl halides is 2. The Morgan fingerprint density at radius 2 is 2.05 bits per heavy atom. The van der Waals surface area contributed by atoms with E-state index in [1.165, 1.54) is 44.0 Å². The monoisotopic (exact) mass is 544 g/mol. The van der Waals surface area contributed by atoms with Gasteiger partial charge < -0.3 is 25.3 Å². The van der Waals surface area contributed by atoms with Crippen molar-refractivity contribution in [3.63, 3.8) is 0 Å². The van der Waals surface area contributed by atoms with Crippen molar-refractivity contribution in [3.8, 4) is 5.88 Å². The highest BCUT2D eigenvalue weighted by atomic mass is 32.2. The van der Waals surface area contributed by atoms with Gasteiger partial charge in [-0.2, -0.15) is 4.39 Å². The number of halogens is 3. The number of ether oxygens (including phenoxy) is 1. The van der Waals surface area contributed by atoms with Gasteiger partial charge in [0.2, 0.25) is 17.7 Å². The molecule has 15 heteroatoms. The topological polar surface area (TPSA) is 157 Å². The fraction of sp³-hybridized carbons (Fsp3) is 0.304. The average Bonchev–Trinajstić information content (AvgIpc) is 3.19. The first-order chi connectivity index (χ1) is 18.2. The molecule has 11 nitrogen and oxygen atoms in total. The van der Waals surface area contributed by atoms with Gasteiger partial charge in [0.05, 0.1) is 42.3 Å². The maximum atomic E-state index is 15.0. The Morgan fingerprint density at radius 1 is 1.21 bits per heavy atom. The van der Waals surface area contributed by atoms with Gasteiger partial charge in [-0.05, 0) is 19.1 Å². The molecule has 0 unspecified atom stereocenters. The van der Waals surface area contributed by atoms with Crippen molar-refractivity contribution in [1.29, 1.82) is 0 Å². The minimum absolute atomic E-state index is 0.0648. The molecule has 6 rings (SSSR count). The van der Waals surface area contributed by atoms with Crippen molar-refractivity contribution >= 4 is 39.5 Å². The molecule has 38 heavy (non-hydrogen) atoms. The number of oxazole rings is 1. The quantitative estimate of drug-likeness (QED) is 0.294. The SMILES string of the molecule is C[C@]1(c2cc(Nc3nccc4nc(OCc5ncco5)cnc34)cnc2F)N=C(N)S[C@]2(CO)[C@H]1C2(F)F. The van der Waals surface area contributed by atoms with Crippen LogP contribution in [0.15, 0.2) is 52.6 Å². The third-order valence-corrected chi connectivity index (χ3v) is 7.95. The van der Waals surface area contributed by atoms with Crippen molar-refractivity contribution in [3.05, 3.63) is 60.6 Å². The molecule has 1 fully saturated rings. The van der Waals surface area contributed by atoms with E-state index in [0.29, 0.717) is 28.7 Å². The lowest BCUT2D eigenvalue weighted by Crippen LogP contribution is -2.37. The molecule has 5 heterocycles. The number of amidine groups is 1. The molecule has 0 aromatic carbocycles. The zero-order valence-electron chi connectivity index (χ0n) is 19.6. The standard InChI is InChI=1S/C23H19F3N8O3S/c1-21(19-22(10-35,23(19,25)26)38-20(27)34-21)12-6-11(7-31-17(12)24)32-18-16-13(2-3-29-18)33-14(8-30-16)37-9-15-28-4-5-36-15/h2-8,19,35H,9-10H2,1H3,(H2,27,34)(H,29,32)/t19-,21+,22+/m0/s1. The molecule has 196 valence electrons. The van der Waals surface area contributed by atoms with E-state index in [1.54, 1.807) is 6.07 Å². The molecule has 0 bridgehead atoms. The van der Waals surface area contributed by atoms with Crippen LogP contribution >= 0.6 is 11.8 Å². The Hall–Kier alpha value is -3.98. The largest absolute Gasteiger partial charge is 0.467 e. The first-order valence-corrected chi connectivity index (χ1v) is 12.1. The molecular formula is C23H19F3N8O3S. The van der Waals surface area contributed by atoms with Crippen LogP contribution in [0.2, 0.25) is 0 Å². The van der Waals surface area contributed by atoms with Crippen molar-refractivity contribution < 1.29 is 27.4 Å². The van der Waals surface area contributed by atoms with Crippen LogP contribution in [-0.4, -0.2) is 52.5 Å². The average molecular weight is 545 g/mol. The highest BCUT2D eigenvalue weighted by Crippen LogP contribution is 2.74. The van der Waals surface area contributed by atoms with E-state index in [2.05, 4.69) is 35.2 Å². The van der Waals surface area contributed by atoms with E-state index < -0.39 is 34.7 Å². The minimum Gasteiger partial charge on any atom is -0.467 e. The Bertz CT molecular complexity index is 1570. The number of aromatic nitrogens is 5. The summed E-state index contributed by atoms with van der Waals surface area (Å²) in [6.07, 6.45) is 7.00. The number of pyridine rings is 2. The van der Waals surface area contributed by atoms with Crippen LogP contribution in [0.3, 0.4) is 0 Å². The van der Waals surface area contributed by atoms with Gasteiger partial charge in [-0.15, -0.1) is 0 Å². The van der Waals surface area contributed by atoms with Crippen LogP contribution in [0.1, 0.15) is 18.4 Å². The zero-order valence-corrected chi connectivity index (χ0v) is 20.4. The molecule has 1 aliphatic carbocycles. The third-order valence-electron chi connectivity index (χ3n) is 6.65. The fourth-order valence-electron chi connectivity index (χ4n) is 4.87. The smallest absolute Gasteiger partial charge is 0.272 e. The summed E-state index contributed by atoms with van der Waals surface area (Å²) < 4.78 is 53.6. The number of anilines is 2. The highest BCUT2D eigenvalue weighted by molar-refractivity contribution is 8.15. The fourth-order valence-corrected chi connectivity index (χ4v) is 6.24. The summed E-state index contributed by atoms with van der Waals surface area (Å²) in [6, 6.07) is 2.95. The summed E-state index contributed by atoms with van der Waals surface area (Å²) in [6.45, 7) is 0.590. The summed E-state index contributed by atoms with van der Waals surface area (Å²) in [5, 5.41) is 12.6. The summed E-state index contributed by atoms with van der Waals surface area (Å²) >= 11 is 0.610. The van der Waals surface area contributed by atoms with E-state index >= 15 is 0 Å². The first kappa shape index (κ1) is 24.4. The number of nitrogens with two attached hydrogens (primary N) is 1. The van der Waals surface area contributed by atoms with Gasteiger partial charge in [0.25, 0.3) is 5.92 Å². The molecule has 0 spiro atoms. The Kier molecular flexibility index (Phi) is 5.47. The Labute approximate surface area is 216 Å². The number of rotatable bonds is 7. The molecular weight excluding hydrogens is 525 g/mol. The molecule has 0 saturated heterocycles. The third kappa shape index (κ3) is 3.64. The number of nitrogens with zero attached hydrogens (tertiary/aromatic N) is 6. The Balaban J connectivity index is 1.31. The van der Waals surface area contributed by atoms with Crippen LogP contribution in [-0.2, 0) is 12.1 Å². The van der Waals surface area contributed by atoms with Gasteiger partial charge in [0.15, 0.2) is 17.6 Å². The van der Waals surface area contributed by atoms with Gasteiger partial charge in [-0.3, -0.25) is 4.99 Å². The molecule has 4 aromatic rings. The molecule has 0 radical (unpaired) electrons. The van der Waals surface area contributed by atoms with Crippen LogP contribution < -0.4 is 15.8 Å². The van der Waals surface area contributed by atoms with E-state index in [-0.39, 0.29) is 34.7 Å². The normalized spacial score (nSPS) is 25.5. The van der Waals surface area contributed by atoms with Gasteiger partial charge >= 0.3 is 0 Å². The van der Waals surface area contributed by atoms with Crippen molar-refractivity contribution in [2.24, 2.45) is 16.6 Å². The van der Waals surface area contributed by atoms with Crippen molar-refractivity contribution in [2.45, 2.75) is 29.7 Å². The number of aliphatic hydroxyl groups excluding tert-OH is 1. The van der Waals surface area contributed by atoms with E-state index in [9.17, 15) is 18.3 Å². The minimum atomic E-state index is -3.32. The maximum absolute atomic E-state index is 15.0. The van der Waals surface area contributed by atoms with Crippen molar-refractivity contribution in [1.82, 2.24) is 24.9 Å². The van der Waals surface area contributed by atoms with Crippen LogP contribution in [0.25, 0.3) is 11.0 Å². The van der Waals surface area contributed by atoms with E-state index in [1.807, 2.05) is 0 Å². The van der Waals surface area contributed by atoms with E-state index in [4.69, 9.17) is 14.9 Å². The van der Waals surface area contributed by atoms with E-state index in [0.717, 1.165) is 0 Å². The van der Waals surface area contributed by atoms with Crippen LogP contribution in [0, 0.1) is 11.9 Å².